The van der Waals surface area contributed by atoms with E-state index in [2.05, 4.69) is 10.3 Å². The number of hydrogen-bond acceptors (Lipinski definition) is 3. The molecule has 1 aromatic heterocycles. The fraction of sp³-hybridized carbons (Fsp3) is 0.286. The zero-order valence-corrected chi connectivity index (χ0v) is 13.7. The first-order valence-electron chi connectivity index (χ1n) is 6.08. The van der Waals surface area contributed by atoms with Gasteiger partial charge in [0.2, 0.25) is 0 Å². The number of rotatable bonds is 3. The van der Waals surface area contributed by atoms with Crippen LogP contribution in [0.15, 0.2) is 18.2 Å². The van der Waals surface area contributed by atoms with Crippen molar-refractivity contribution in [1.82, 2.24) is 10.3 Å². The number of benzene rings is 1. The summed E-state index contributed by atoms with van der Waals surface area (Å²) in [4.78, 5) is 17.1. The number of halogens is 2. The molecular weight excluding hydrogens is 315 g/mol. The molecule has 2 rings (SSSR count). The van der Waals surface area contributed by atoms with E-state index in [1.54, 1.807) is 12.1 Å². The van der Waals surface area contributed by atoms with Gasteiger partial charge in [0, 0.05) is 10.0 Å². The first kappa shape index (κ1) is 15.3. The molecule has 6 heteroatoms. The molecule has 0 saturated heterocycles. The van der Waals surface area contributed by atoms with Gasteiger partial charge in [0.1, 0.15) is 4.88 Å². The van der Waals surface area contributed by atoms with E-state index in [9.17, 15) is 4.79 Å². The molecule has 0 aliphatic heterocycles. The summed E-state index contributed by atoms with van der Waals surface area (Å²) in [6.07, 6.45) is 0. The SMILES string of the molecule is Cc1nc(C)c(C(=O)N[C@H](C)c2ccc(Cl)cc2Cl)s1. The lowest BCUT2D eigenvalue weighted by Gasteiger charge is -2.15. The second-order valence-corrected chi connectivity index (χ2v) is 6.56. The Hall–Kier alpha value is -1.10. The number of nitrogens with zero attached hydrogens (tertiary/aromatic N) is 1. The summed E-state index contributed by atoms with van der Waals surface area (Å²) in [5.41, 5.74) is 1.59. The molecule has 0 aliphatic carbocycles. The minimum absolute atomic E-state index is 0.133. The van der Waals surface area contributed by atoms with Crippen molar-refractivity contribution in [3.8, 4) is 0 Å². The Labute approximate surface area is 131 Å². The summed E-state index contributed by atoms with van der Waals surface area (Å²) in [6.45, 7) is 5.60. The van der Waals surface area contributed by atoms with Crippen LogP contribution in [0.5, 0.6) is 0 Å². The number of carbonyl (C=O) groups is 1. The Balaban J connectivity index is 2.17. The van der Waals surface area contributed by atoms with Gasteiger partial charge in [-0.2, -0.15) is 0 Å². The van der Waals surface area contributed by atoms with E-state index in [4.69, 9.17) is 23.2 Å². The van der Waals surface area contributed by atoms with Crippen molar-refractivity contribution >= 4 is 40.4 Å². The molecule has 20 heavy (non-hydrogen) atoms. The first-order valence-corrected chi connectivity index (χ1v) is 7.65. The molecule has 0 saturated carbocycles. The summed E-state index contributed by atoms with van der Waals surface area (Å²) < 4.78 is 0. The lowest BCUT2D eigenvalue weighted by molar-refractivity contribution is 0.0943. The minimum Gasteiger partial charge on any atom is -0.345 e. The molecule has 1 N–H and O–H groups in total. The largest absolute Gasteiger partial charge is 0.345 e. The van der Waals surface area contributed by atoms with Gasteiger partial charge in [-0.3, -0.25) is 4.79 Å². The average Bonchev–Trinajstić information content (AvgIpc) is 2.68. The van der Waals surface area contributed by atoms with Crippen molar-refractivity contribution in [3.05, 3.63) is 49.4 Å². The number of amides is 1. The number of carbonyl (C=O) groups excluding carboxylic acids is 1. The standard InChI is InChI=1S/C14H14Cl2N2OS/c1-7(11-5-4-10(15)6-12(11)16)18-14(19)13-8(2)17-9(3)20-13/h4-7H,1-3H3,(H,18,19)/t7-/m1/s1. The Kier molecular flexibility index (Phi) is 4.68. The normalized spacial score (nSPS) is 12.2. The second-order valence-electron chi connectivity index (χ2n) is 4.51. The third kappa shape index (κ3) is 3.32. The molecule has 1 amide bonds. The number of aryl methyl sites for hydroxylation is 2. The van der Waals surface area contributed by atoms with Crippen molar-refractivity contribution in [2.45, 2.75) is 26.8 Å². The lowest BCUT2D eigenvalue weighted by atomic mass is 10.1. The summed E-state index contributed by atoms with van der Waals surface area (Å²) >= 11 is 13.4. The van der Waals surface area contributed by atoms with Gasteiger partial charge in [0.25, 0.3) is 5.91 Å². The Morgan fingerprint density at radius 2 is 2.05 bits per heavy atom. The number of thiazole rings is 1. The van der Waals surface area contributed by atoms with Gasteiger partial charge in [-0.25, -0.2) is 4.98 Å². The predicted molar refractivity (Wildman–Crippen MR) is 83.9 cm³/mol. The van der Waals surface area contributed by atoms with Crippen LogP contribution in [-0.2, 0) is 0 Å². The number of hydrogen-bond donors (Lipinski definition) is 1. The summed E-state index contributed by atoms with van der Waals surface area (Å²) in [6, 6.07) is 5.05. The zero-order valence-electron chi connectivity index (χ0n) is 11.3. The fourth-order valence-electron chi connectivity index (χ4n) is 1.93. The first-order chi connectivity index (χ1) is 9.38. The molecule has 1 heterocycles. The quantitative estimate of drug-likeness (QED) is 0.897. The molecule has 0 fully saturated rings. The summed E-state index contributed by atoms with van der Waals surface area (Å²) in [5, 5.41) is 4.93. The third-order valence-corrected chi connectivity index (χ3v) is 4.52. The lowest BCUT2D eigenvalue weighted by Crippen LogP contribution is -2.26. The fourth-order valence-corrected chi connectivity index (χ4v) is 3.33. The van der Waals surface area contributed by atoms with Gasteiger partial charge in [0.05, 0.1) is 16.7 Å². The van der Waals surface area contributed by atoms with Crippen LogP contribution in [0.2, 0.25) is 10.0 Å². The van der Waals surface area contributed by atoms with E-state index in [1.807, 2.05) is 26.8 Å². The second kappa shape index (κ2) is 6.12. The molecule has 106 valence electrons. The van der Waals surface area contributed by atoms with Crippen LogP contribution in [0.1, 0.15) is 38.9 Å². The highest BCUT2D eigenvalue weighted by Gasteiger charge is 2.18. The molecule has 0 aliphatic rings. The van der Waals surface area contributed by atoms with Crippen LogP contribution in [-0.4, -0.2) is 10.9 Å². The molecule has 0 unspecified atom stereocenters. The van der Waals surface area contributed by atoms with Crippen molar-refractivity contribution < 1.29 is 4.79 Å². The van der Waals surface area contributed by atoms with Crippen LogP contribution in [0.4, 0.5) is 0 Å². The van der Waals surface area contributed by atoms with Crippen LogP contribution < -0.4 is 5.32 Å². The van der Waals surface area contributed by atoms with Gasteiger partial charge < -0.3 is 5.32 Å². The van der Waals surface area contributed by atoms with E-state index in [-0.39, 0.29) is 11.9 Å². The molecule has 2 aromatic rings. The maximum absolute atomic E-state index is 12.2. The van der Waals surface area contributed by atoms with E-state index in [1.165, 1.54) is 11.3 Å². The van der Waals surface area contributed by atoms with E-state index in [0.29, 0.717) is 14.9 Å². The molecule has 0 radical (unpaired) electrons. The van der Waals surface area contributed by atoms with Gasteiger partial charge in [-0.15, -0.1) is 11.3 Å². The van der Waals surface area contributed by atoms with Crippen LogP contribution in [0, 0.1) is 13.8 Å². The van der Waals surface area contributed by atoms with Gasteiger partial charge >= 0.3 is 0 Å². The zero-order chi connectivity index (χ0) is 14.9. The van der Waals surface area contributed by atoms with Crippen molar-refractivity contribution in [2.75, 3.05) is 0 Å². The van der Waals surface area contributed by atoms with Crippen molar-refractivity contribution in [2.24, 2.45) is 0 Å². The molecule has 1 aromatic carbocycles. The Morgan fingerprint density at radius 3 is 2.60 bits per heavy atom. The van der Waals surface area contributed by atoms with Crippen LogP contribution >= 0.6 is 34.5 Å². The van der Waals surface area contributed by atoms with Gasteiger partial charge in [0.15, 0.2) is 0 Å². The average molecular weight is 329 g/mol. The topological polar surface area (TPSA) is 42.0 Å². The highest BCUT2D eigenvalue weighted by molar-refractivity contribution is 7.13. The predicted octanol–water partition coefficient (Wildman–Crippen LogP) is 4.56. The van der Waals surface area contributed by atoms with E-state index in [0.717, 1.165) is 16.3 Å². The van der Waals surface area contributed by atoms with Crippen LogP contribution in [0.25, 0.3) is 0 Å². The Bertz CT molecular complexity index is 655. The van der Waals surface area contributed by atoms with Crippen molar-refractivity contribution in [3.63, 3.8) is 0 Å². The minimum atomic E-state index is -0.200. The number of nitrogens with one attached hydrogen (secondary N) is 1. The van der Waals surface area contributed by atoms with Crippen LogP contribution in [0.3, 0.4) is 0 Å². The summed E-state index contributed by atoms with van der Waals surface area (Å²) in [7, 11) is 0. The maximum Gasteiger partial charge on any atom is 0.263 e. The van der Waals surface area contributed by atoms with E-state index >= 15 is 0 Å². The molecule has 3 nitrogen and oxygen atoms in total. The molecule has 0 spiro atoms. The van der Waals surface area contributed by atoms with Gasteiger partial charge in [-0.1, -0.05) is 29.3 Å². The maximum atomic E-state index is 12.2. The third-order valence-electron chi connectivity index (χ3n) is 2.89. The summed E-state index contributed by atoms with van der Waals surface area (Å²) in [5.74, 6) is -0.133. The molecule has 1 atom stereocenters. The van der Waals surface area contributed by atoms with Crippen molar-refractivity contribution in [1.29, 1.82) is 0 Å². The molecular formula is C14H14Cl2N2OS. The smallest absolute Gasteiger partial charge is 0.263 e. The monoisotopic (exact) mass is 328 g/mol. The Morgan fingerprint density at radius 1 is 1.35 bits per heavy atom. The highest BCUT2D eigenvalue weighted by Crippen LogP contribution is 2.27. The van der Waals surface area contributed by atoms with Gasteiger partial charge in [-0.05, 0) is 38.5 Å². The highest BCUT2D eigenvalue weighted by atomic mass is 35.5. The van der Waals surface area contributed by atoms with E-state index < -0.39 is 0 Å². The molecule has 0 bridgehead atoms. The number of aromatic nitrogens is 1.